The Bertz CT molecular complexity index is 932. The predicted octanol–water partition coefficient (Wildman–Crippen LogP) is 3.76. The molecule has 1 saturated carbocycles. The summed E-state index contributed by atoms with van der Waals surface area (Å²) in [6, 6.07) is 17.3. The number of aliphatic imine (C=N–C) groups is 1. The van der Waals surface area contributed by atoms with Gasteiger partial charge in [0.15, 0.2) is 15.8 Å². The van der Waals surface area contributed by atoms with E-state index in [4.69, 9.17) is 4.74 Å². The van der Waals surface area contributed by atoms with Crippen molar-refractivity contribution in [3.05, 3.63) is 65.7 Å². The lowest BCUT2D eigenvalue weighted by atomic mass is 10.2. The number of ether oxygens (including phenoxy) is 1. The Morgan fingerprint density at radius 2 is 1.77 bits per heavy atom. The molecular weight excluding hydrogens is 525 g/mol. The third-order valence-corrected chi connectivity index (χ3v) is 6.65. The molecule has 1 aliphatic carbocycles. The lowest BCUT2D eigenvalue weighted by Gasteiger charge is -2.15. The van der Waals surface area contributed by atoms with E-state index in [-0.39, 0.29) is 35.5 Å². The average molecular weight is 557 g/mol. The van der Waals surface area contributed by atoms with Crippen LogP contribution in [0.5, 0.6) is 5.75 Å². The Labute approximate surface area is 202 Å². The summed E-state index contributed by atoms with van der Waals surface area (Å²) in [6.07, 6.45) is 3.05. The fourth-order valence-corrected chi connectivity index (χ4v) is 4.51. The van der Waals surface area contributed by atoms with Crippen molar-refractivity contribution in [3.8, 4) is 5.75 Å². The highest BCUT2D eigenvalue weighted by Crippen LogP contribution is 2.30. The standard InChI is InChI=1S/C23H31N3O3S.HI/c1-24-23(25-14-7-15-30(27,28)18-20-8-3-2-4-9-20)26-16-21-10-5-6-11-22(21)29-17-19-12-13-19;/h2-6,8-11,19H,7,12-18H2,1H3,(H2,24,25,26);1H. The first-order valence-electron chi connectivity index (χ1n) is 10.5. The van der Waals surface area contributed by atoms with Crippen molar-refractivity contribution in [1.82, 2.24) is 10.6 Å². The van der Waals surface area contributed by atoms with Gasteiger partial charge >= 0.3 is 0 Å². The van der Waals surface area contributed by atoms with Gasteiger partial charge in [-0.05, 0) is 36.8 Å². The van der Waals surface area contributed by atoms with E-state index in [0.29, 0.717) is 31.4 Å². The maximum absolute atomic E-state index is 12.3. The predicted molar refractivity (Wildman–Crippen MR) is 137 cm³/mol. The normalized spacial score (nSPS) is 13.9. The van der Waals surface area contributed by atoms with Crippen LogP contribution in [0.25, 0.3) is 0 Å². The first-order chi connectivity index (χ1) is 14.6. The summed E-state index contributed by atoms with van der Waals surface area (Å²) in [4.78, 5) is 4.22. The summed E-state index contributed by atoms with van der Waals surface area (Å²) in [5.41, 5.74) is 1.90. The maximum Gasteiger partial charge on any atom is 0.191 e. The molecule has 0 aliphatic heterocycles. The molecule has 2 aromatic rings. The first kappa shape index (κ1) is 25.5. The second-order valence-corrected chi connectivity index (χ2v) is 9.83. The van der Waals surface area contributed by atoms with Gasteiger partial charge in [-0.25, -0.2) is 8.42 Å². The van der Waals surface area contributed by atoms with E-state index in [1.807, 2.05) is 54.6 Å². The van der Waals surface area contributed by atoms with Crippen molar-refractivity contribution < 1.29 is 13.2 Å². The van der Waals surface area contributed by atoms with E-state index in [1.165, 1.54) is 12.8 Å². The third-order valence-electron chi connectivity index (χ3n) is 4.97. The topological polar surface area (TPSA) is 79.8 Å². The van der Waals surface area contributed by atoms with Gasteiger partial charge in [0.2, 0.25) is 0 Å². The molecule has 0 atom stereocenters. The Morgan fingerprint density at radius 3 is 2.48 bits per heavy atom. The van der Waals surface area contributed by atoms with Gasteiger partial charge < -0.3 is 15.4 Å². The molecule has 1 aliphatic rings. The number of nitrogens with zero attached hydrogens (tertiary/aromatic N) is 1. The summed E-state index contributed by atoms with van der Waals surface area (Å²) >= 11 is 0. The molecular formula is C23H32IN3O3S. The minimum Gasteiger partial charge on any atom is -0.493 e. The monoisotopic (exact) mass is 557 g/mol. The molecule has 0 spiro atoms. The quantitative estimate of drug-likeness (QED) is 0.191. The zero-order valence-electron chi connectivity index (χ0n) is 17.9. The fourth-order valence-electron chi connectivity index (χ4n) is 3.08. The van der Waals surface area contributed by atoms with Gasteiger partial charge in [-0.15, -0.1) is 24.0 Å². The number of hydrogen-bond acceptors (Lipinski definition) is 4. The van der Waals surface area contributed by atoms with Crippen LogP contribution in [-0.4, -0.2) is 40.3 Å². The second-order valence-electron chi connectivity index (χ2n) is 7.65. The van der Waals surface area contributed by atoms with Gasteiger partial charge in [0.25, 0.3) is 0 Å². The summed E-state index contributed by atoms with van der Waals surface area (Å²) < 4.78 is 30.5. The lowest BCUT2D eigenvalue weighted by Crippen LogP contribution is -2.37. The van der Waals surface area contributed by atoms with E-state index in [9.17, 15) is 8.42 Å². The highest BCUT2D eigenvalue weighted by molar-refractivity contribution is 14.0. The van der Waals surface area contributed by atoms with Gasteiger partial charge in [-0.3, -0.25) is 4.99 Å². The molecule has 0 amide bonds. The van der Waals surface area contributed by atoms with Gasteiger partial charge in [0.1, 0.15) is 5.75 Å². The number of sulfone groups is 1. The average Bonchev–Trinajstić information content (AvgIpc) is 3.57. The molecule has 0 radical (unpaired) electrons. The molecule has 0 heterocycles. The van der Waals surface area contributed by atoms with Crippen molar-refractivity contribution in [2.45, 2.75) is 31.6 Å². The highest BCUT2D eigenvalue weighted by atomic mass is 127. The van der Waals surface area contributed by atoms with Crippen molar-refractivity contribution in [3.63, 3.8) is 0 Å². The van der Waals surface area contributed by atoms with E-state index in [1.54, 1.807) is 7.05 Å². The van der Waals surface area contributed by atoms with Gasteiger partial charge in [-0.1, -0.05) is 48.5 Å². The van der Waals surface area contributed by atoms with Crippen LogP contribution in [0.15, 0.2) is 59.6 Å². The minimum absolute atomic E-state index is 0. The number of benzene rings is 2. The molecule has 8 heteroatoms. The molecule has 0 aromatic heterocycles. The Morgan fingerprint density at radius 1 is 1.06 bits per heavy atom. The van der Waals surface area contributed by atoms with Gasteiger partial charge in [-0.2, -0.15) is 0 Å². The van der Waals surface area contributed by atoms with Crippen LogP contribution in [0.2, 0.25) is 0 Å². The molecule has 2 N–H and O–H groups in total. The molecule has 170 valence electrons. The van der Waals surface area contributed by atoms with Crippen molar-refractivity contribution in [2.24, 2.45) is 10.9 Å². The van der Waals surface area contributed by atoms with E-state index in [2.05, 4.69) is 15.6 Å². The Kier molecular flexibility index (Phi) is 10.6. The van der Waals surface area contributed by atoms with Crippen molar-refractivity contribution >= 4 is 39.8 Å². The Balaban J connectivity index is 0.00000341. The number of para-hydroxylation sites is 1. The van der Waals surface area contributed by atoms with Crippen LogP contribution in [0.1, 0.15) is 30.4 Å². The van der Waals surface area contributed by atoms with E-state index >= 15 is 0 Å². The Hall–Kier alpha value is -1.81. The molecule has 0 saturated heterocycles. The van der Waals surface area contributed by atoms with Crippen LogP contribution in [0.4, 0.5) is 0 Å². The van der Waals surface area contributed by atoms with Gasteiger partial charge in [0, 0.05) is 25.7 Å². The summed E-state index contributed by atoms with van der Waals surface area (Å²) in [5.74, 6) is 2.48. The fraction of sp³-hybridized carbons (Fsp3) is 0.435. The van der Waals surface area contributed by atoms with Crippen LogP contribution in [0, 0.1) is 5.92 Å². The molecule has 6 nitrogen and oxygen atoms in total. The van der Waals surface area contributed by atoms with E-state index in [0.717, 1.165) is 23.5 Å². The SMILES string of the molecule is CN=C(NCCCS(=O)(=O)Cc1ccccc1)NCc1ccccc1OCC1CC1.I. The first-order valence-corrected chi connectivity index (χ1v) is 12.3. The number of guanidine groups is 1. The van der Waals surface area contributed by atoms with Gasteiger partial charge in [0.05, 0.1) is 18.1 Å². The van der Waals surface area contributed by atoms with Crippen LogP contribution in [-0.2, 0) is 22.1 Å². The minimum atomic E-state index is -3.13. The highest BCUT2D eigenvalue weighted by Gasteiger charge is 2.22. The molecule has 31 heavy (non-hydrogen) atoms. The summed E-state index contributed by atoms with van der Waals surface area (Å²) in [7, 11) is -1.42. The summed E-state index contributed by atoms with van der Waals surface area (Å²) in [5, 5.41) is 6.47. The second kappa shape index (κ2) is 12.9. The number of rotatable bonds is 11. The molecule has 0 unspecified atom stereocenters. The zero-order valence-corrected chi connectivity index (χ0v) is 21.1. The summed E-state index contributed by atoms with van der Waals surface area (Å²) in [6.45, 7) is 1.90. The number of hydrogen-bond donors (Lipinski definition) is 2. The number of halogens is 1. The van der Waals surface area contributed by atoms with E-state index < -0.39 is 9.84 Å². The molecule has 3 rings (SSSR count). The van der Waals surface area contributed by atoms with Crippen molar-refractivity contribution in [1.29, 1.82) is 0 Å². The molecule has 0 bridgehead atoms. The van der Waals surface area contributed by atoms with Crippen LogP contribution >= 0.6 is 24.0 Å². The third kappa shape index (κ3) is 9.47. The molecule has 2 aromatic carbocycles. The van der Waals surface area contributed by atoms with Crippen LogP contribution in [0.3, 0.4) is 0 Å². The molecule has 1 fully saturated rings. The largest absolute Gasteiger partial charge is 0.493 e. The number of nitrogens with one attached hydrogen (secondary N) is 2. The lowest BCUT2D eigenvalue weighted by molar-refractivity contribution is 0.296. The smallest absolute Gasteiger partial charge is 0.191 e. The van der Waals surface area contributed by atoms with Crippen LogP contribution < -0.4 is 15.4 Å². The maximum atomic E-state index is 12.3. The zero-order chi connectivity index (χ0) is 21.2. The van der Waals surface area contributed by atoms with Crippen molar-refractivity contribution in [2.75, 3.05) is 26.0 Å².